The number of hydrogen-bond donors (Lipinski definition) is 2. The molecule has 3 N–H and O–H groups in total. The van der Waals surface area contributed by atoms with Gasteiger partial charge in [0.05, 0.1) is 0 Å². The molecule has 0 heterocycles. The number of rotatable bonds is 10. The van der Waals surface area contributed by atoms with Crippen LogP contribution in [0, 0.1) is 0 Å². The summed E-state index contributed by atoms with van der Waals surface area (Å²) in [5.74, 6) is 0. The van der Waals surface area contributed by atoms with Crippen LogP contribution in [0.1, 0.15) is 25.8 Å². The van der Waals surface area contributed by atoms with E-state index in [4.69, 9.17) is 5.73 Å². The van der Waals surface area contributed by atoms with E-state index in [0.29, 0.717) is 12.6 Å². The second-order valence-corrected chi connectivity index (χ2v) is 4.94. The van der Waals surface area contributed by atoms with E-state index in [1.165, 1.54) is 5.56 Å². The van der Waals surface area contributed by atoms with Gasteiger partial charge in [-0.3, -0.25) is 0 Å². The van der Waals surface area contributed by atoms with Crippen LogP contribution >= 0.6 is 0 Å². The first-order chi connectivity index (χ1) is 9.30. The molecule has 108 valence electrons. The highest BCUT2D eigenvalue weighted by Gasteiger charge is 2.06. The lowest BCUT2D eigenvalue weighted by Crippen LogP contribution is -2.41. The molecule has 1 aromatic carbocycles. The molecule has 0 saturated carbocycles. The van der Waals surface area contributed by atoms with Crippen LogP contribution < -0.4 is 11.1 Å². The van der Waals surface area contributed by atoms with Crippen molar-refractivity contribution in [3.8, 4) is 0 Å². The highest BCUT2D eigenvalue weighted by Crippen LogP contribution is 2.04. The Balaban J connectivity index is 2.22. The molecule has 19 heavy (non-hydrogen) atoms. The minimum atomic E-state index is 0.427. The molecule has 0 radical (unpaired) electrons. The minimum Gasteiger partial charge on any atom is -0.329 e. The van der Waals surface area contributed by atoms with Gasteiger partial charge in [-0.2, -0.15) is 0 Å². The van der Waals surface area contributed by atoms with Gasteiger partial charge in [0.2, 0.25) is 0 Å². The van der Waals surface area contributed by atoms with Gasteiger partial charge in [0.15, 0.2) is 0 Å². The first-order valence-electron chi connectivity index (χ1n) is 7.49. The van der Waals surface area contributed by atoms with Crippen molar-refractivity contribution in [1.82, 2.24) is 10.2 Å². The molecular weight excluding hydrogens is 234 g/mol. The molecule has 0 aromatic heterocycles. The number of nitrogens with two attached hydrogens (primary N) is 1. The molecule has 1 unspecified atom stereocenters. The van der Waals surface area contributed by atoms with Crippen LogP contribution in [0.2, 0.25) is 0 Å². The van der Waals surface area contributed by atoms with Crippen molar-refractivity contribution in [1.29, 1.82) is 0 Å². The summed E-state index contributed by atoms with van der Waals surface area (Å²) in [4.78, 5) is 2.43. The van der Waals surface area contributed by atoms with Crippen LogP contribution in [0.4, 0.5) is 0 Å². The topological polar surface area (TPSA) is 41.3 Å². The van der Waals surface area contributed by atoms with Gasteiger partial charge < -0.3 is 16.0 Å². The first-order valence-corrected chi connectivity index (χ1v) is 7.49. The number of aryl methyl sites for hydroxylation is 1. The summed E-state index contributed by atoms with van der Waals surface area (Å²) >= 11 is 0. The molecule has 1 atom stereocenters. The molecule has 0 aliphatic heterocycles. The predicted molar refractivity (Wildman–Crippen MR) is 83.4 cm³/mol. The average molecular weight is 263 g/mol. The normalized spacial score (nSPS) is 12.8. The quantitative estimate of drug-likeness (QED) is 0.677. The molecule has 0 spiro atoms. The number of nitrogens with zero attached hydrogens (tertiary/aromatic N) is 1. The van der Waals surface area contributed by atoms with E-state index >= 15 is 0 Å². The molecule has 0 aliphatic carbocycles. The highest BCUT2D eigenvalue weighted by atomic mass is 15.1. The molecule has 1 rings (SSSR count). The Bertz CT molecular complexity index is 309. The maximum Gasteiger partial charge on any atom is 0.0193 e. The summed E-state index contributed by atoms with van der Waals surface area (Å²) in [6.07, 6.45) is 2.21. The number of hydrogen-bond acceptors (Lipinski definition) is 3. The maximum atomic E-state index is 5.84. The lowest BCUT2D eigenvalue weighted by molar-refractivity contribution is 0.295. The number of benzene rings is 1. The summed E-state index contributed by atoms with van der Waals surface area (Å²) in [6.45, 7) is 9.50. The number of nitrogens with one attached hydrogen (secondary N) is 1. The molecular formula is C16H29N3. The van der Waals surface area contributed by atoms with E-state index < -0.39 is 0 Å². The monoisotopic (exact) mass is 263 g/mol. The Hall–Kier alpha value is -0.900. The third kappa shape index (κ3) is 6.71. The van der Waals surface area contributed by atoms with Crippen LogP contribution in [0.25, 0.3) is 0 Å². The molecule has 0 bridgehead atoms. The second kappa shape index (κ2) is 9.96. The van der Waals surface area contributed by atoms with Crippen molar-refractivity contribution in [2.24, 2.45) is 5.73 Å². The van der Waals surface area contributed by atoms with Gasteiger partial charge in [0, 0.05) is 25.7 Å². The summed E-state index contributed by atoms with van der Waals surface area (Å²) in [7, 11) is 0. The van der Waals surface area contributed by atoms with Gasteiger partial charge in [0.25, 0.3) is 0 Å². The fourth-order valence-electron chi connectivity index (χ4n) is 2.26. The van der Waals surface area contributed by atoms with Gasteiger partial charge in [-0.05, 0) is 31.5 Å². The SMILES string of the molecule is CCN(CC)CCNC(CN)CCc1ccccc1. The number of likely N-dealkylation sites (N-methyl/N-ethyl adjacent to an activating group) is 1. The van der Waals surface area contributed by atoms with Gasteiger partial charge in [-0.25, -0.2) is 0 Å². The van der Waals surface area contributed by atoms with E-state index in [9.17, 15) is 0 Å². The Morgan fingerprint density at radius 2 is 1.84 bits per heavy atom. The van der Waals surface area contributed by atoms with Crippen molar-refractivity contribution in [2.75, 3.05) is 32.7 Å². The summed E-state index contributed by atoms with van der Waals surface area (Å²) in [5.41, 5.74) is 7.24. The third-order valence-electron chi connectivity index (χ3n) is 3.66. The van der Waals surface area contributed by atoms with Gasteiger partial charge in [0.1, 0.15) is 0 Å². The smallest absolute Gasteiger partial charge is 0.0193 e. The molecule has 0 saturated heterocycles. The standard InChI is InChI=1S/C16H29N3/c1-3-19(4-2)13-12-18-16(14-17)11-10-15-8-6-5-7-9-15/h5-9,16,18H,3-4,10-14,17H2,1-2H3. The van der Waals surface area contributed by atoms with E-state index in [1.54, 1.807) is 0 Å². The van der Waals surface area contributed by atoms with Gasteiger partial charge in [-0.1, -0.05) is 44.2 Å². The molecule has 0 aliphatic rings. The Labute approximate surface area is 118 Å². The second-order valence-electron chi connectivity index (χ2n) is 4.94. The Kier molecular flexibility index (Phi) is 8.47. The van der Waals surface area contributed by atoms with Crippen molar-refractivity contribution in [3.63, 3.8) is 0 Å². The van der Waals surface area contributed by atoms with E-state index in [2.05, 4.69) is 54.4 Å². The van der Waals surface area contributed by atoms with Gasteiger partial charge >= 0.3 is 0 Å². The maximum absolute atomic E-state index is 5.84. The van der Waals surface area contributed by atoms with E-state index in [1.807, 2.05) is 0 Å². The highest BCUT2D eigenvalue weighted by molar-refractivity contribution is 5.14. The molecule has 3 nitrogen and oxygen atoms in total. The zero-order valence-corrected chi connectivity index (χ0v) is 12.4. The van der Waals surface area contributed by atoms with E-state index in [0.717, 1.165) is 39.0 Å². The summed E-state index contributed by atoms with van der Waals surface area (Å²) in [5, 5.41) is 3.57. The molecule has 0 fully saturated rings. The van der Waals surface area contributed by atoms with Crippen LogP contribution in [-0.2, 0) is 6.42 Å². The van der Waals surface area contributed by atoms with Crippen LogP contribution in [0.15, 0.2) is 30.3 Å². The fraction of sp³-hybridized carbons (Fsp3) is 0.625. The largest absolute Gasteiger partial charge is 0.329 e. The molecule has 3 heteroatoms. The zero-order chi connectivity index (χ0) is 13.9. The summed E-state index contributed by atoms with van der Waals surface area (Å²) in [6, 6.07) is 11.1. The Morgan fingerprint density at radius 3 is 2.42 bits per heavy atom. The predicted octanol–water partition coefficient (Wildman–Crippen LogP) is 1.88. The van der Waals surface area contributed by atoms with Crippen LogP contribution in [-0.4, -0.2) is 43.7 Å². The minimum absolute atomic E-state index is 0.427. The Morgan fingerprint density at radius 1 is 1.16 bits per heavy atom. The molecule has 1 aromatic rings. The van der Waals surface area contributed by atoms with Crippen LogP contribution in [0.3, 0.4) is 0 Å². The third-order valence-corrected chi connectivity index (χ3v) is 3.66. The summed E-state index contributed by atoms with van der Waals surface area (Å²) < 4.78 is 0. The zero-order valence-electron chi connectivity index (χ0n) is 12.4. The fourth-order valence-corrected chi connectivity index (χ4v) is 2.26. The van der Waals surface area contributed by atoms with Crippen molar-refractivity contribution >= 4 is 0 Å². The van der Waals surface area contributed by atoms with Crippen molar-refractivity contribution in [2.45, 2.75) is 32.7 Å². The van der Waals surface area contributed by atoms with Crippen LogP contribution in [0.5, 0.6) is 0 Å². The lowest BCUT2D eigenvalue weighted by atomic mass is 10.1. The van der Waals surface area contributed by atoms with Crippen molar-refractivity contribution < 1.29 is 0 Å². The first kappa shape index (κ1) is 16.2. The lowest BCUT2D eigenvalue weighted by Gasteiger charge is -2.21. The van der Waals surface area contributed by atoms with E-state index in [-0.39, 0.29) is 0 Å². The van der Waals surface area contributed by atoms with Crippen molar-refractivity contribution in [3.05, 3.63) is 35.9 Å². The van der Waals surface area contributed by atoms with Gasteiger partial charge in [-0.15, -0.1) is 0 Å². The average Bonchev–Trinajstić information content (AvgIpc) is 2.48. The molecule has 0 amide bonds.